The second-order valence-electron chi connectivity index (χ2n) is 4.59. The molecule has 0 fully saturated rings. The summed E-state index contributed by atoms with van der Waals surface area (Å²) in [5.74, 6) is 0.130. The minimum Gasteiger partial charge on any atom is -0.497 e. The van der Waals surface area contributed by atoms with E-state index < -0.39 is 0 Å². The zero-order chi connectivity index (χ0) is 15.1. The number of amides is 1. The van der Waals surface area contributed by atoms with Crippen molar-refractivity contribution in [2.45, 2.75) is 13.5 Å². The van der Waals surface area contributed by atoms with E-state index in [2.05, 4.69) is 5.32 Å². The van der Waals surface area contributed by atoms with E-state index in [4.69, 9.17) is 4.74 Å². The van der Waals surface area contributed by atoms with Crippen LogP contribution in [0.4, 0.5) is 0 Å². The first kappa shape index (κ1) is 15.8. The largest absolute Gasteiger partial charge is 0.497 e. The Morgan fingerprint density at radius 2 is 1.85 bits per heavy atom. The summed E-state index contributed by atoms with van der Waals surface area (Å²) < 4.78 is 5.06. The first-order valence-electron chi connectivity index (χ1n) is 6.24. The maximum atomic E-state index is 12.0. The standard InChI is InChI=1S/C15H20N2O3/c1-11(18)14(10-17(2)3)15(19)16-9-12-5-7-13(20-4)8-6-12/h5-8,10H,9H2,1-4H3,(H,16,19)/b14-10-. The monoisotopic (exact) mass is 276 g/mol. The summed E-state index contributed by atoms with van der Waals surface area (Å²) in [5.41, 5.74) is 1.08. The van der Waals surface area contributed by atoms with Gasteiger partial charge in [0.25, 0.3) is 5.91 Å². The van der Waals surface area contributed by atoms with Gasteiger partial charge in [0.1, 0.15) is 5.75 Å². The molecule has 0 aromatic heterocycles. The van der Waals surface area contributed by atoms with Crippen molar-refractivity contribution in [1.82, 2.24) is 10.2 Å². The van der Waals surface area contributed by atoms with E-state index >= 15 is 0 Å². The average Bonchev–Trinajstić information content (AvgIpc) is 2.42. The number of hydrogen-bond donors (Lipinski definition) is 1. The number of nitrogens with one attached hydrogen (secondary N) is 1. The van der Waals surface area contributed by atoms with E-state index in [0.717, 1.165) is 11.3 Å². The molecule has 1 aromatic carbocycles. The predicted octanol–water partition coefficient (Wildman–Crippen LogP) is 1.35. The second-order valence-corrected chi connectivity index (χ2v) is 4.59. The van der Waals surface area contributed by atoms with Crippen LogP contribution in [-0.2, 0) is 16.1 Å². The fourth-order valence-electron chi connectivity index (χ4n) is 1.59. The Morgan fingerprint density at radius 1 is 1.25 bits per heavy atom. The molecule has 0 bridgehead atoms. The van der Waals surface area contributed by atoms with E-state index in [-0.39, 0.29) is 17.3 Å². The van der Waals surface area contributed by atoms with Crippen LogP contribution < -0.4 is 10.1 Å². The number of nitrogens with zero attached hydrogens (tertiary/aromatic N) is 1. The summed E-state index contributed by atoms with van der Waals surface area (Å²) >= 11 is 0. The molecule has 1 aromatic rings. The fourth-order valence-corrected chi connectivity index (χ4v) is 1.59. The fraction of sp³-hybridized carbons (Fsp3) is 0.333. The quantitative estimate of drug-likeness (QED) is 0.484. The van der Waals surface area contributed by atoms with Crippen molar-refractivity contribution in [3.8, 4) is 5.75 Å². The highest BCUT2D eigenvalue weighted by Gasteiger charge is 2.14. The van der Waals surface area contributed by atoms with Crippen LogP contribution in [0.5, 0.6) is 5.75 Å². The molecule has 0 aliphatic carbocycles. The SMILES string of the molecule is COc1ccc(CNC(=O)/C(=C\N(C)C)C(C)=O)cc1. The van der Waals surface area contributed by atoms with E-state index in [9.17, 15) is 9.59 Å². The average molecular weight is 276 g/mol. The lowest BCUT2D eigenvalue weighted by Gasteiger charge is -2.10. The molecule has 0 aliphatic heterocycles. The summed E-state index contributed by atoms with van der Waals surface area (Å²) in [5, 5.41) is 2.73. The van der Waals surface area contributed by atoms with Crippen LogP contribution in [0.3, 0.4) is 0 Å². The van der Waals surface area contributed by atoms with Crippen LogP contribution in [0.1, 0.15) is 12.5 Å². The third-order valence-corrected chi connectivity index (χ3v) is 2.62. The van der Waals surface area contributed by atoms with Crippen molar-refractivity contribution < 1.29 is 14.3 Å². The first-order chi connectivity index (χ1) is 9.43. The summed E-state index contributed by atoms with van der Waals surface area (Å²) in [4.78, 5) is 25.1. The lowest BCUT2D eigenvalue weighted by atomic mass is 10.1. The normalized spacial score (nSPS) is 10.9. The van der Waals surface area contributed by atoms with E-state index in [1.54, 1.807) is 26.1 Å². The highest BCUT2D eigenvalue weighted by atomic mass is 16.5. The van der Waals surface area contributed by atoms with Gasteiger partial charge in [0.2, 0.25) is 0 Å². The van der Waals surface area contributed by atoms with Gasteiger partial charge in [0.15, 0.2) is 5.78 Å². The maximum absolute atomic E-state index is 12.0. The molecule has 0 unspecified atom stereocenters. The molecule has 0 aliphatic rings. The Kier molecular flexibility index (Phi) is 5.77. The Hall–Kier alpha value is -2.30. The lowest BCUT2D eigenvalue weighted by molar-refractivity contribution is -0.121. The second kappa shape index (κ2) is 7.33. The van der Waals surface area contributed by atoms with Gasteiger partial charge in [0.05, 0.1) is 12.7 Å². The van der Waals surface area contributed by atoms with Gasteiger partial charge in [-0.05, 0) is 24.6 Å². The Labute approximate surface area is 119 Å². The molecule has 0 radical (unpaired) electrons. The van der Waals surface area contributed by atoms with Crippen LogP contribution in [-0.4, -0.2) is 37.8 Å². The number of Topliss-reactive ketones (excluding diaryl/α,β-unsaturated/α-hetero) is 1. The zero-order valence-corrected chi connectivity index (χ0v) is 12.3. The molecule has 20 heavy (non-hydrogen) atoms. The smallest absolute Gasteiger partial charge is 0.256 e. The van der Waals surface area contributed by atoms with Crippen molar-refractivity contribution in [2.24, 2.45) is 0 Å². The van der Waals surface area contributed by atoms with Crippen molar-refractivity contribution in [3.05, 3.63) is 41.6 Å². The van der Waals surface area contributed by atoms with Gasteiger partial charge < -0.3 is 15.0 Å². The number of methoxy groups -OCH3 is 1. The number of carbonyl (C=O) groups excluding carboxylic acids is 2. The molecular formula is C15H20N2O3. The van der Waals surface area contributed by atoms with E-state index in [0.29, 0.717) is 6.54 Å². The molecular weight excluding hydrogens is 256 g/mol. The molecule has 0 atom stereocenters. The number of ether oxygens (including phenoxy) is 1. The highest BCUT2D eigenvalue weighted by molar-refractivity contribution is 6.18. The number of ketones is 1. The third-order valence-electron chi connectivity index (χ3n) is 2.62. The Balaban J connectivity index is 2.67. The van der Waals surface area contributed by atoms with Crippen LogP contribution >= 0.6 is 0 Å². The van der Waals surface area contributed by atoms with Crippen molar-refractivity contribution in [2.75, 3.05) is 21.2 Å². The minimum atomic E-state index is -0.373. The molecule has 0 heterocycles. The van der Waals surface area contributed by atoms with Crippen LogP contribution in [0.15, 0.2) is 36.0 Å². The number of hydrogen-bond acceptors (Lipinski definition) is 4. The zero-order valence-electron chi connectivity index (χ0n) is 12.3. The van der Waals surface area contributed by atoms with Gasteiger partial charge in [-0.1, -0.05) is 12.1 Å². The minimum absolute atomic E-state index is 0.142. The van der Waals surface area contributed by atoms with Crippen LogP contribution in [0.2, 0.25) is 0 Å². The molecule has 1 amide bonds. The van der Waals surface area contributed by atoms with Gasteiger partial charge in [-0.25, -0.2) is 0 Å². The molecule has 1 N–H and O–H groups in total. The van der Waals surface area contributed by atoms with E-state index in [1.165, 1.54) is 13.1 Å². The number of benzene rings is 1. The Morgan fingerprint density at radius 3 is 2.30 bits per heavy atom. The Bertz CT molecular complexity index is 504. The van der Waals surface area contributed by atoms with Gasteiger partial charge in [-0.15, -0.1) is 0 Å². The summed E-state index contributed by atoms with van der Waals surface area (Å²) in [6, 6.07) is 7.37. The van der Waals surface area contributed by atoms with Gasteiger partial charge >= 0.3 is 0 Å². The molecule has 5 nitrogen and oxygen atoms in total. The molecule has 1 rings (SSSR count). The number of carbonyl (C=O) groups is 2. The van der Waals surface area contributed by atoms with Gasteiger partial charge in [-0.2, -0.15) is 0 Å². The van der Waals surface area contributed by atoms with Crippen LogP contribution in [0.25, 0.3) is 0 Å². The van der Waals surface area contributed by atoms with Crippen molar-refractivity contribution in [1.29, 1.82) is 0 Å². The summed E-state index contributed by atoms with van der Waals surface area (Å²) in [6.45, 7) is 1.74. The molecule has 108 valence electrons. The lowest BCUT2D eigenvalue weighted by Crippen LogP contribution is -2.28. The van der Waals surface area contributed by atoms with Gasteiger partial charge in [0, 0.05) is 26.8 Å². The topological polar surface area (TPSA) is 58.6 Å². The van der Waals surface area contributed by atoms with Crippen molar-refractivity contribution in [3.63, 3.8) is 0 Å². The van der Waals surface area contributed by atoms with E-state index in [1.807, 2.05) is 24.3 Å². The van der Waals surface area contributed by atoms with Crippen LogP contribution in [0, 0.1) is 0 Å². The first-order valence-corrected chi connectivity index (χ1v) is 6.24. The molecule has 0 spiro atoms. The third kappa shape index (κ3) is 4.76. The molecule has 0 saturated heterocycles. The maximum Gasteiger partial charge on any atom is 0.256 e. The predicted molar refractivity (Wildman–Crippen MR) is 77.3 cm³/mol. The summed E-state index contributed by atoms with van der Waals surface area (Å²) in [6.07, 6.45) is 1.52. The van der Waals surface area contributed by atoms with Crippen molar-refractivity contribution >= 4 is 11.7 Å². The molecule has 5 heteroatoms. The molecule has 0 saturated carbocycles. The van der Waals surface area contributed by atoms with Gasteiger partial charge in [-0.3, -0.25) is 9.59 Å². The summed E-state index contributed by atoms with van der Waals surface area (Å²) in [7, 11) is 5.13. The highest BCUT2D eigenvalue weighted by Crippen LogP contribution is 2.11. The number of rotatable bonds is 6.